The van der Waals surface area contributed by atoms with Crippen LogP contribution in [0, 0.1) is 11.3 Å². The van der Waals surface area contributed by atoms with Crippen molar-refractivity contribution in [3.8, 4) is 6.07 Å². The Balaban J connectivity index is 1.73. The molecule has 0 aliphatic carbocycles. The molecular weight excluding hydrogens is 230 g/mol. The molecule has 1 aromatic heterocycles. The fourth-order valence-electron chi connectivity index (χ4n) is 2.30. The summed E-state index contributed by atoms with van der Waals surface area (Å²) in [6.45, 7) is 3.16. The van der Waals surface area contributed by atoms with Gasteiger partial charge in [0, 0.05) is 29.4 Å². The Kier molecular flexibility index (Phi) is 4.55. The van der Waals surface area contributed by atoms with Crippen molar-refractivity contribution in [1.29, 1.82) is 5.26 Å². The van der Waals surface area contributed by atoms with Gasteiger partial charge in [0.2, 0.25) is 0 Å². The van der Waals surface area contributed by atoms with Crippen molar-refractivity contribution >= 4 is 11.3 Å². The number of nitriles is 1. The Labute approximate surface area is 107 Å². The van der Waals surface area contributed by atoms with Crippen LogP contribution in [0.4, 0.5) is 0 Å². The summed E-state index contributed by atoms with van der Waals surface area (Å²) in [5, 5.41) is 14.2. The van der Waals surface area contributed by atoms with Gasteiger partial charge in [0.25, 0.3) is 0 Å². The molecule has 1 atom stereocenters. The van der Waals surface area contributed by atoms with Crippen LogP contribution in [0.25, 0.3) is 0 Å². The first kappa shape index (κ1) is 12.6. The average Bonchev–Trinajstić information content (AvgIpc) is 2.80. The standard InChI is InChI=1S/C13H19N3S/c1-16-5-3-2-4-12(16)8-15-9-13-6-11(7-14)10-17-13/h6,10,12,15H,2-5,8-9H2,1H3. The van der Waals surface area contributed by atoms with E-state index in [1.54, 1.807) is 11.3 Å². The number of nitrogens with zero attached hydrogens (tertiary/aromatic N) is 2. The second-order valence-corrected chi connectivity index (χ2v) is 5.67. The molecule has 1 aromatic rings. The van der Waals surface area contributed by atoms with Crippen molar-refractivity contribution in [2.45, 2.75) is 31.8 Å². The van der Waals surface area contributed by atoms with Crippen LogP contribution in [0.1, 0.15) is 29.7 Å². The van der Waals surface area contributed by atoms with E-state index in [1.165, 1.54) is 30.7 Å². The van der Waals surface area contributed by atoms with Crippen molar-refractivity contribution in [3.63, 3.8) is 0 Å². The quantitative estimate of drug-likeness (QED) is 0.889. The molecule has 1 saturated heterocycles. The number of likely N-dealkylation sites (N-methyl/N-ethyl adjacent to an activating group) is 1. The summed E-state index contributed by atoms with van der Waals surface area (Å²) in [7, 11) is 2.21. The molecular formula is C13H19N3S. The lowest BCUT2D eigenvalue weighted by Gasteiger charge is -2.32. The molecule has 1 N–H and O–H groups in total. The summed E-state index contributed by atoms with van der Waals surface area (Å²) in [4.78, 5) is 3.70. The predicted octanol–water partition coefficient (Wildman–Crippen LogP) is 2.19. The normalized spacial score (nSPS) is 21.3. The van der Waals surface area contributed by atoms with Crippen molar-refractivity contribution < 1.29 is 0 Å². The van der Waals surface area contributed by atoms with Crippen molar-refractivity contribution in [1.82, 2.24) is 10.2 Å². The largest absolute Gasteiger partial charge is 0.310 e. The summed E-state index contributed by atoms with van der Waals surface area (Å²) >= 11 is 1.66. The Morgan fingerprint density at radius 3 is 3.18 bits per heavy atom. The van der Waals surface area contributed by atoms with Crippen LogP contribution in [0.3, 0.4) is 0 Å². The molecule has 4 heteroatoms. The SMILES string of the molecule is CN1CCCCC1CNCc1cc(C#N)cs1. The van der Waals surface area contributed by atoms with E-state index in [2.05, 4.69) is 23.3 Å². The lowest BCUT2D eigenvalue weighted by Crippen LogP contribution is -2.42. The third kappa shape index (κ3) is 3.53. The van der Waals surface area contributed by atoms with E-state index in [4.69, 9.17) is 5.26 Å². The van der Waals surface area contributed by atoms with Gasteiger partial charge in [0.1, 0.15) is 6.07 Å². The fraction of sp³-hybridized carbons (Fsp3) is 0.615. The molecule has 1 aliphatic rings. The Bertz CT molecular complexity index is 394. The molecule has 0 aromatic carbocycles. The number of hydrogen-bond donors (Lipinski definition) is 1. The fourth-order valence-corrected chi connectivity index (χ4v) is 3.08. The van der Waals surface area contributed by atoms with Crippen LogP contribution < -0.4 is 5.32 Å². The number of thiophene rings is 1. The highest BCUT2D eigenvalue weighted by molar-refractivity contribution is 7.10. The lowest BCUT2D eigenvalue weighted by atomic mass is 10.0. The zero-order valence-corrected chi connectivity index (χ0v) is 11.1. The van der Waals surface area contributed by atoms with Crippen molar-refractivity contribution in [3.05, 3.63) is 21.9 Å². The first-order chi connectivity index (χ1) is 8.29. The molecule has 0 radical (unpaired) electrons. The molecule has 0 amide bonds. The van der Waals surface area contributed by atoms with Crippen LogP contribution in [0.5, 0.6) is 0 Å². The summed E-state index contributed by atoms with van der Waals surface area (Å²) in [5.74, 6) is 0. The maximum absolute atomic E-state index is 8.74. The predicted molar refractivity (Wildman–Crippen MR) is 71.0 cm³/mol. The van der Waals surface area contributed by atoms with E-state index < -0.39 is 0 Å². The minimum atomic E-state index is 0.680. The van der Waals surface area contributed by atoms with Gasteiger partial charge in [-0.1, -0.05) is 6.42 Å². The number of nitrogens with one attached hydrogen (secondary N) is 1. The minimum Gasteiger partial charge on any atom is -0.310 e. The van der Waals surface area contributed by atoms with Gasteiger partial charge < -0.3 is 10.2 Å². The molecule has 2 heterocycles. The molecule has 1 fully saturated rings. The van der Waals surface area contributed by atoms with Crippen LogP contribution in [-0.2, 0) is 6.54 Å². The highest BCUT2D eigenvalue weighted by Crippen LogP contribution is 2.15. The van der Waals surface area contributed by atoms with E-state index in [-0.39, 0.29) is 0 Å². The van der Waals surface area contributed by atoms with Crippen molar-refractivity contribution in [2.24, 2.45) is 0 Å². The number of rotatable bonds is 4. The van der Waals surface area contributed by atoms with Gasteiger partial charge in [-0.15, -0.1) is 11.3 Å². The summed E-state index contributed by atoms with van der Waals surface area (Å²) in [6, 6.07) is 4.82. The Hall–Kier alpha value is -0.890. The molecule has 0 spiro atoms. The van der Waals surface area contributed by atoms with E-state index in [1.807, 2.05) is 11.4 Å². The highest BCUT2D eigenvalue weighted by atomic mass is 32.1. The molecule has 0 saturated carbocycles. The summed E-state index contributed by atoms with van der Waals surface area (Å²) in [5.41, 5.74) is 0.779. The van der Waals surface area contributed by atoms with Gasteiger partial charge in [-0.05, 0) is 32.5 Å². The molecule has 2 rings (SSSR count). The molecule has 1 unspecified atom stereocenters. The first-order valence-electron chi connectivity index (χ1n) is 6.18. The zero-order valence-electron chi connectivity index (χ0n) is 10.3. The van der Waals surface area contributed by atoms with Crippen LogP contribution in [-0.4, -0.2) is 31.1 Å². The second-order valence-electron chi connectivity index (χ2n) is 4.67. The molecule has 17 heavy (non-hydrogen) atoms. The number of piperidine rings is 1. The van der Waals surface area contributed by atoms with Crippen LogP contribution >= 0.6 is 11.3 Å². The van der Waals surface area contributed by atoms with E-state index in [9.17, 15) is 0 Å². The lowest BCUT2D eigenvalue weighted by molar-refractivity contribution is 0.181. The molecule has 92 valence electrons. The smallest absolute Gasteiger partial charge is 0.100 e. The minimum absolute atomic E-state index is 0.680. The maximum Gasteiger partial charge on any atom is 0.100 e. The van der Waals surface area contributed by atoms with Gasteiger partial charge in [-0.3, -0.25) is 0 Å². The third-order valence-electron chi connectivity index (χ3n) is 3.38. The second kappa shape index (κ2) is 6.15. The third-order valence-corrected chi connectivity index (χ3v) is 4.32. The van der Waals surface area contributed by atoms with Gasteiger partial charge in [0.15, 0.2) is 0 Å². The summed E-state index contributed by atoms with van der Waals surface area (Å²) < 4.78 is 0. The first-order valence-corrected chi connectivity index (χ1v) is 7.06. The van der Waals surface area contributed by atoms with Gasteiger partial charge in [-0.25, -0.2) is 0 Å². The maximum atomic E-state index is 8.74. The molecule has 0 bridgehead atoms. The zero-order chi connectivity index (χ0) is 12.1. The van der Waals surface area contributed by atoms with E-state index in [0.29, 0.717) is 6.04 Å². The van der Waals surface area contributed by atoms with E-state index >= 15 is 0 Å². The topological polar surface area (TPSA) is 39.1 Å². The molecule has 3 nitrogen and oxygen atoms in total. The summed E-state index contributed by atoms with van der Waals surface area (Å²) in [6.07, 6.45) is 4.00. The monoisotopic (exact) mass is 249 g/mol. The van der Waals surface area contributed by atoms with Gasteiger partial charge in [0.05, 0.1) is 5.56 Å². The Morgan fingerprint density at radius 2 is 2.47 bits per heavy atom. The molecule has 1 aliphatic heterocycles. The van der Waals surface area contributed by atoms with Gasteiger partial charge >= 0.3 is 0 Å². The van der Waals surface area contributed by atoms with Crippen LogP contribution in [0.15, 0.2) is 11.4 Å². The number of likely N-dealkylation sites (tertiary alicyclic amines) is 1. The van der Waals surface area contributed by atoms with E-state index in [0.717, 1.165) is 18.7 Å². The van der Waals surface area contributed by atoms with Crippen molar-refractivity contribution in [2.75, 3.05) is 20.1 Å². The van der Waals surface area contributed by atoms with Crippen LogP contribution in [0.2, 0.25) is 0 Å². The van der Waals surface area contributed by atoms with Gasteiger partial charge in [-0.2, -0.15) is 5.26 Å². The average molecular weight is 249 g/mol. The highest BCUT2D eigenvalue weighted by Gasteiger charge is 2.17. The number of hydrogen-bond acceptors (Lipinski definition) is 4. The Morgan fingerprint density at radius 1 is 1.59 bits per heavy atom.